The minimum Gasteiger partial charge on any atom is -0.339 e. The summed E-state index contributed by atoms with van der Waals surface area (Å²) in [7, 11) is 1.92. The minimum atomic E-state index is 0.0874. The van der Waals surface area contributed by atoms with Crippen LogP contribution in [0.3, 0.4) is 0 Å². The summed E-state index contributed by atoms with van der Waals surface area (Å²) < 4.78 is 0. The maximum atomic E-state index is 12.2. The molecule has 2 atom stereocenters. The lowest BCUT2D eigenvalue weighted by Gasteiger charge is -2.35. The number of amides is 1. The summed E-state index contributed by atoms with van der Waals surface area (Å²) in [5.41, 5.74) is 0.876. The first kappa shape index (κ1) is 14.3. The molecule has 104 valence electrons. The molecule has 1 aromatic heterocycles. The molecule has 1 fully saturated rings. The molecule has 0 radical (unpaired) electrons. The van der Waals surface area contributed by atoms with Gasteiger partial charge in [0, 0.05) is 24.5 Å². The Hall–Kier alpha value is -1.16. The van der Waals surface area contributed by atoms with Gasteiger partial charge < -0.3 is 4.90 Å². The SMILES string of the molecule is Cc1nc(/C=C/C(=O)N(C)C2CCCCC2C)cs1. The second-order valence-corrected chi connectivity index (χ2v) is 6.47. The van der Waals surface area contributed by atoms with Crippen LogP contribution < -0.4 is 0 Å². The number of aromatic nitrogens is 1. The van der Waals surface area contributed by atoms with E-state index in [0.717, 1.165) is 17.1 Å². The van der Waals surface area contributed by atoms with E-state index in [4.69, 9.17) is 0 Å². The normalized spacial score (nSPS) is 23.7. The van der Waals surface area contributed by atoms with Crippen LogP contribution >= 0.6 is 11.3 Å². The van der Waals surface area contributed by atoms with Crippen LogP contribution in [0.4, 0.5) is 0 Å². The van der Waals surface area contributed by atoms with Crippen molar-refractivity contribution >= 4 is 23.3 Å². The van der Waals surface area contributed by atoms with Gasteiger partial charge in [-0.3, -0.25) is 4.79 Å². The van der Waals surface area contributed by atoms with Crippen LogP contribution in [-0.2, 0) is 4.79 Å². The molecule has 0 aromatic carbocycles. The highest BCUT2D eigenvalue weighted by Gasteiger charge is 2.26. The fourth-order valence-electron chi connectivity index (χ4n) is 2.77. The van der Waals surface area contributed by atoms with Crippen LogP contribution in [0, 0.1) is 12.8 Å². The van der Waals surface area contributed by atoms with Crippen molar-refractivity contribution in [2.45, 2.75) is 45.6 Å². The van der Waals surface area contributed by atoms with E-state index >= 15 is 0 Å². The zero-order chi connectivity index (χ0) is 13.8. The average Bonchev–Trinajstić information content (AvgIpc) is 2.81. The smallest absolute Gasteiger partial charge is 0.246 e. The highest BCUT2D eigenvalue weighted by molar-refractivity contribution is 7.09. The van der Waals surface area contributed by atoms with Crippen molar-refractivity contribution < 1.29 is 4.79 Å². The highest BCUT2D eigenvalue weighted by atomic mass is 32.1. The second kappa shape index (κ2) is 6.33. The lowest BCUT2D eigenvalue weighted by atomic mass is 9.85. The van der Waals surface area contributed by atoms with Gasteiger partial charge in [-0.2, -0.15) is 0 Å². The van der Waals surface area contributed by atoms with Crippen LogP contribution in [0.1, 0.15) is 43.3 Å². The van der Waals surface area contributed by atoms with Crippen LogP contribution in [0.15, 0.2) is 11.5 Å². The topological polar surface area (TPSA) is 33.2 Å². The number of carbonyl (C=O) groups excluding carboxylic acids is 1. The predicted molar refractivity (Wildman–Crippen MR) is 80.1 cm³/mol. The van der Waals surface area contributed by atoms with Gasteiger partial charge in [0.15, 0.2) is 0 Å². The molecule has 0 bridgehead atoms. The molecular formula is C15H22N2OS. The van der Waals surface area contributed by atoms with E-state index in [0.29, 0.717) is 12.0 Å². The first-order valence-corrected chi connectivity index (χ1v) is 7.83. The van der Waals surface area contributed by atoms with E-state index in [1.807, 2.05) is 30.3 Å². The zero-order valence-electron chi connectivity index (χ0n) is 11.9. The maximum Gasteiger partial charge on any atom is 0.246 e. The van der Waals surface area contributed by atoms with Crippen LogP contribution in [0.2, 0.25) is 0 Å². The van der Waals surface area contributed by atoms with Gasteiger partial charge in [-0.15, -0.1) is 11.3 Å². The fourth-order valence-corrected chi connectivity index (χ4v) is 3.35. The fraction of sp³-hybridized carbons (Fsp3) is 0.600. The van der Waals surface area contributed by atoms with Gasteiger partial charge in [-0.25, -0.2) is 4.98 Å². The van der Waals surface area contributed by atoms with E-state index in [2.05, 4.69) is 11.9 Å². The lowest BCUT2D eigenvalue weighted by molar-refractivity contribution is -0.128. The summed E-state index contributed by atoms with van der Waals surface area (Å²) in [4.78, 5) is 18.4. The Morgan fingerprint density at radius 3 is 2.84 bits per heavy atom. The van der Waals surface area contributed by atoms with Gasteiger partial charge in [0.1, 0.15) is 0 Å². The number of hydrogen-bond acceptors (Lipinski definition) is 3. The Bertz CT molecular complexity index is 466. The molecule has 1 saturated carbocycles. The monoisotopic (exact) mass is 278 g/mol. The van der Waals surface area contributed by atoms with E-state index in [1.165, 1.54) is 19.3 Å². The van der Waals surface area contributed by atoms with Crippen molar-refractivity contribution in [3.63, 3.8) is 0 Å². The third-order valence-electron chi connectivity index (χ3n) is 3.94. The summed E-state index contributed by atoms with van der Waals surface area (Å²) in [6.07, 6.45) is 8.37. The van der Waals surface area contributed by atoms with Crippen molar-refractivity contribution in [2.75, 3.05) is 7.05 Å². The Balaban J connectivity index is 1.97. The largest absolute Gasteiger partial charge is 0.339 e. The molecule has 1 aliphatic rings. The molecule has 0 saturated heterocycles. The number of likely N-dealkylation sites (N-methyl/N-ethyl adjacent to an activating group) is 1. The Kier molecular flexibility index (Phi) is 4.75. The Morgan fingerprint density at radius 1 is 1.47 bits per heavy atom. The standard InChI is InChI=1S/C15H22N2OS/c1-11-6-4-5-7-14(11)17(3)15(18)9-8-13-10-19-12(2)16-13/h8-11,14H,4-7H2,1-3H3/b9-8+. The van der Waals surface area contributed by atoms with Gasteiger partial charge in [0.25, 0.3) is 0 Å². The number of aryl methyl sites for hydroxylation is 1. The molecule has 0 aliphatic heterocycles. The zero-order valence-corrected chi connectivity index (χ0v) is 12.7. The van der Waals surface area contributed by atoms with Crippen LogP contribution in [-0.4, -0.2) is 28.9 Å². The predicted octanol–water partition coefficient (Wildman–Crippen LogP) is 3.50. The van der Waals surface area contributed by atoms with Gasteiger partial charge in [0.05, 0.1) is 10.7 Å². The maximum absolute atomic E-state index is 12.2. The molecule has 1 amide bonds. The van der Waals surface area contributed by atoms with Gasteiger partial charge in [-0.1, -0.05) is 19.8 Å². The quantitative estimate of drug-likeness (QED) is 0.793. The summed E-state index contributed by atoms with van der Waals surface area (Å²) in [6.45, 7) is 4.22. The third kappa shape index (κ3) is 3.66. The van der Waals surface area contributed by atoms with Crippen LogP contribution in [0.5, 0.6) is 0 Å². The first-order valence-electron chi connectivity index (χ1n) is 6.95. The molecule has 1 aromatic rings. The summed E-state index contributed by atoms with van der Waals surface area (Å²) in [5.74, 6) is 0.696. The average molecular weight is 278 g/mol. The first-order chi connectivity index (χ1) is 9.08. The molecule has 3 nitrogen and oxygen atoms in total. The third-order valence-corrected chi connectivity index (χ3v) is 4.74. The number of rotatable bonds is 3. The van der Waals surface area contributed by atoms with Crippen molar-refractivity contribution in [3.8, 4) is 0 Å². The van der Waals surface area contributed by atoms with Crippen molar-refractivity contribution in [3.05, 3.63) is 22.2 Å². The van der Waals surface area contributed by atoms with E-state index < -0.39 is 0 Å². The molecule has 1 aliphatic carbocycles. The van der Waals surface area contributed by atoms with Crippen LogP contribution in [0.25, 0.3) is 6.08 Å². The molecule has 4 heteroatoms. The molecule has 0 N–H and O–H groups in total. The molecular weight excluding hydrogens is 256 g/mol. The summed E-state index contributed by atoms with van der Waals surface area (Å²) >= 11 is 1.61. The van der Waals surface area contributed by atoms with E-state index in [-0.39, 0.29) is 5.91 Å². The molecule has 2 rings (SSSR count). The van der Waals surface area contributed by atoms with E-state index in [1.54, 1.807) is 17.4 Å². The van der Waals surface area contributed by atoms with Gasteiger partial charge in [-0.05, 0) is 31.8 Å². The Labute approximate surface area is 119 Å². The Morgan fingerprint density at radius 2 is 2.21 bits per heavy atom. The molecule has 2 unspecified atom stereocenters. The number of carbonyl (C=O) groups is 1. The number of hydrogen-bond donors (Lipinski definition) is 0. The molecule has 19 heavy (non-hydrogen) atoms. The minimum absolute atomic E-state index is 0.0874. The summed E-state index contributed by atoms with van der Waals surface area (Å²) in [6, 6.07) is 0.392. The molecule has 0 spiro atoms. The van der Waals surface area contributed by atoms with Crippen molar-refractivity contribution in [2.24, 2.45) is 5.92 Å². The lowest BCUT2D eigenvalue weighted by Crippen LogP contribution is -2.41. The van der Waals surface area contributed by atoms with Gasteiger partial charge in [0.2, 0.25) is 5.91 Å². The number of thiazole rings is 1. The molecule has 1 heterocycles. The van der Waals surface area contributed by atoms with Crippen molar-refractivity contribution in [1.82, 2.24) is 9.88 Å². The summed E-state index contributed by atoms with van der Waals surface area (Å²) in [5, 5.41) is 3.00. The van der Waals surface area contributed by atoms with E-state index in [9.17, 15) is 4.79 Å². The number of nitrogens with zero attached hydrogens (tertiary/aromatic N) is 2. The highest BCUT2D eigenvalue weighted by Crippen LogP contribution is 2.27. The second-order valence-electron chi connectivity index (χ2n) is 5.40. The van der Waals surface area contributed by atoms with Gasteiger partial charge >= 0.3 is 0 Å². The van der Waals surface area contributed by atoms with Crippen molar-refractivity contribution in [1.29, 1.82) is 0 Å².